The molecule has 5 atom stereocenters. The molecule has 2 aromatic carbocycles. The summed E-state index contributed by atoms with van der Waals surface area (Å²) in [7, 11) is 1.40. The second kappa shape index (κ2) is 7.48. The molecule has 34 heavy (non-hydrogen) atoms. The van der Waals surface area contributed by atoms with Crippen molar-refractivity contribution in [3.8, 4) is 5.75 Å². The number of nitrogens with one attached hydrogen (secondary N) is 1. The van der Waals surface area contributed by atoms with E-state index in [0.29, 0.717) is 0 Å². The summed E-state index contributed by atoms with van der Waals surface area (Å²) in [5.41, 5.74) is -1.69. The standard InChI is InChI=1S/C23H17Cl4N3O4/c1-34-13-3-9(24)2-12(7-13)30-20(31)17-16-6-11(26)8-29(16)23(18(17)21(30)32)14-4-10(25)5-15(27)19(14)28-22(23)33/h2-5,7,11,16-18H,6,8H2,1H3,(H,28,33)/t11-,16?,17?,18?,23?/m0/s1/i17D,18D. The SMILES string of the molecule is [2H]C12C(=O)N(c3cc(Cl)cc(OC)c3)C(=O)C1([2H])C1(C(=O)Nc3c(Cl)cc(Cl)cc31)N1C[C@@H](Cl)CC12. The van der Waals surface area contributed by atoms with Gasteiger partial charge in [0.25, 0.3) is 5.91 Å². The van der Waals surface area contributed by atoms with E-state index in [1.165, 1.54) is 37.4 Å². The number of benzene rings is 2. The first-order valence-corrected chi connectivity index (χ1v) is 11.9. The predicted octanol–water partition coefficient (Wildman–Crippen LogP) is 4.30. The van der Waals surface area contributed by atoms with E-state index >= 15 is 0 Å². The van der Waals surface area contributed by atoms with Gasteiger partial charge in [0, 0.05) is 42.4 Å². The first-order valence-electron chi connectivity index (χ1n) is 11.4. The second-order valence-electron chi connectivity index (χ2n) is 8.56. The molecule has 4 aliphatic rings. The fraction of sp³-hybridized carbons (Fsp3) is 0.348. The van der Waals surface area contributed by atoms with Crippen LogP contribution in [0.25, 0.3) is 0 Å². The van der Waals surface area contributed by atoms with Crippen LogP contribution in [0.5, 0.6) is 5.75 Å². The minimum Gasteiger partial charge on any atom is -0.497 e. The van der Waals surface area contributed by atoms with Gasteiger partial charge in [-0.2, -0.15) is 0 Å². The highest BCUT2D eigenvalue weighted by atomic mass is 35.5. The third kappa shape index (κ3) is 2.73. The minimum absolute atomic E-state index is 0.0341. The Bertz CT molecular complexity index is 1410. The molecule has 7 nitrogen and oxygen atoms in total. The van der Waals surface area contributed by atoms with Crippen molar-refractivity contribution in [1.82, 2.24) is 4.90 Å². The van der Waals surface area contributed by atoms with E-state index in [0.717, 1.165) is 4.90 Å². The lowest BCUT2D eigenvalue weighted by molar-refractivity contribution is -0.135. The number of alkyl halides is 1. The number of hydrogen-bond donors (Lipinski definition) is 1. The third-order valence-corrected chi connectivity index (χ3v) is 7.91. The van der Waals surface area contributed by atoms with Crippen LogP contribution < -0.4 is 15.0 Å². The Morgan fingerprint density at radius 2 is 1.82 bits per heavy atom. The van der Waals surface area contributed by atoms with Crippen LogP contribution in [0.3, 0.4) is 0 Å². The number of nitrogens with zero attached hydrogens (tertiary/aromatic N) is 2. The Morgan fingerprint density at radius 1 is 1.09 bits per heavy atom. The molecule has 11 heteroatoms. The molecule has 4 unspecified atom stereocenters. The quantitative estimate of drug-likeness (QED) is 0.452. The molecule has 0 aromatic heterocycles. The van der Waals surface area contributed by atoms with Crippen molar-refractivity contribution in [3.63, 3.8) is 0 Å². The predicted molar refractivity (Wildman–Crippen MR) is 129 cm³/mol. The fourth-order valence-corrected chi connectivity index (χ4v) is 6.73. The van der Waals surface area contributed by atoms with E-state index < -0.39 is 46.5 Å². The number of ether oxygens (including phenoxy) is 1. The highest BCUT2D eigenvalue weighted by Crippen LogP contribution is 2.62. The molecule has 0 radical (unpaired) electrons. The van der Waals surface area contributed by atoms with Crippen molar-refractivity contribution in [2.24, 2.45) is 11.8 Å². The molecule has 1 N–H and O–H groups in total. The Labute approximate surface area is 217 Å². The van der Waals surface area contributed by atoms with Gasteiger partial charge >= 0.3 is 0 Å². The van der Waals surface area contributed by atoms with Crippen LogP contribution in [0.2, 0.25) is 15.1 Å². The van der Waals surface area contributed by atoms with Gasteiger partial charge in [-0.3, -0.25) is 19.3 Å². The molecule has 3 saturated heterocycles. The average Bonchev–Trinajstić information content (AvgIpc) is 3.43. The zero-order valence-corrected chi connectivity index (χ0v) is 20.5. The Morgan fingerprint density at radius 3 is 2.56 bits per heavy atom. The molecule has 0 aliphatic carbocycles. The van der Waals surface area contributed by atoms with Crippen LogP contribution in [-0.4, -0.2) is 47.7 Å². The second-order valence-corrected chi connectivity index (χ2v) is 10.5. The molecule has 0 bridgehead atoms. The normalized spacial score (nSPS) is 37.0. The smallest absolute Gasteiger partial charge is 0.250 e. The van der Waals surface area contributed by atoms with Gasteiger partial charge in [0.05, 0.1) is 35.3 Å². The van der Waals surface area contributed by atoms with Gasteiger partial charge in [0.2, 0.25) is 11.8 Å². The first kappa shape index (κ1) is 20.2. The monoisotopic (exact) mass is 541 g/mol. The molecule has 3 amide bonds. The topological polar surface area (TPSA) is 78.9 Å². The van der Waals surface area contributed by atoms with E-state index in [9.17, 15) is 17.1 Å². The largest absolute Gasteiger partial charge is 0.497 e. The molecule has 1 spiro atoms. The van der Waals surface area contributed by atoms with Gasteiger partial charge in [0.15, 0.2) is 0 Å². The van der Waals surface area contributed by atoms with Gasteiger partial charge in [-0.15, -0.1) is 11.6 Å². The maximum absolute atomic E-state index is 14.2. The van der Waals surface area contributed by atoms with E-state index in [4.69, 9.17) is 51.1 Å². The number of imide groups is 1. The lowest BCUT2D eigenvalue weighted by Gasteiger charge is -2.36. The van der Waals surface area contributed by atoms with Crippen molar-refractivity contribution in [3.05, 3.63) is 51.0 Å². The van der Waals surface area contributed by atoms with E-state index in [1.54, 1.807) is 4.90 Å². The summed E-state index contributed by atoms with van der Waals surface area (Å²) in [6.45, 7) is 0.0794. The summed E-state index contributed by atoms with van der Waals surface area (Å²) >= 11 is 25.4. The van der Waals surface area contributed by atoms with E-state index in [-0.39, 0.29) is 50.7 Å². The Kier molecular flexibility index (Phi) is 4.44. The summed E-state index contributed by atoms with van der Waals surface area (Å²) in [6.07, 6.45) is 0.121. The third-order valence-electron chi connectivity index (χ3n) is 6.86. The number of fused-ring (bicyclic) bond motifs is 7. The lowest BCUT2D eigenvalue weighted by atomic mass is 9.75. The maximum Gasteiger partial charge on any atom is 0.250 e. The molecule has 6 rings (SSSR count). The molecule has 0 saturated carbocycles. The van der Waals surface area contributed by atoms with E-state index in [2.05, 4.69) is 5.32 Å². The van der Waals surface area contributed by atoms with Crippen molar-refractivity contribution in [2.45, 2.75) is 23.4 Å². The Balaban J connectivity index is 1.66. The molecule has 176 valence electrons. The van der Waals surface area contributed by atoms with Crippen molar-refractivity contribution >= 4 is 75.5 Å². The van der Waals surface area contributed by atoms with Crippen LogP contribution >= 0.6 is 46.4 Å². The summed E-state index contributed by atoms with van der Waals surface area (Å²) in [5.74, 6) is -7.43. The van der Waals surface area contributed by atoms with E-state index in [1.807, 2.05) is 0 Å². The fourth-order valence-electron chi connectivity index (χ4n) is 5.65. The van der Waals surface area contributed by atoms with Crippen LogP contribution in [0, 0.1) is 11.8 Å². The molecule has 3 fully saturated rings. The number of anilines is 2. The number of rotatable bonds is 2. The summed E-state index contributed by atoms with van der Waals surface area (Å²) < 4.78 is 24.4. The van der Waals surface area contributed by atoms with Crippen molar-refractivity contribution < 1.29 is 21.9 Å². The van der Waals surface area contributed by atoms with Crippen molar-refractivity contribution in [1.29, 1.82) is 0 Å². The Hall–Kier alpha value is -2.03. The zero-order valence-electron chi connectivity index (χ0n) is 19.5. The minimum atomic E-state index is -2.60. The molecule has 4 heterocycles. The van der Waals surface area contributed by atoms with Crippen LogP contribution in [0.15, 0.2) is 30.3 Å². The van der Waals surface area contributed by atoms with Gasteiger partial charge in [0.1, 0.15) is 11.3 Å². The van der Waals surface area contributed by atoms with Crippen LogP contribution in [0.1, 0.15) is 14.7 Å². The van der Waals surface area contributed by atoms with Gasteiger partial charge < -0.3 is 10.1 Å². The molecular weight excluding hydrogens is 524 g/mol. The van der Waals surface area contributed by atoms with Gasteiger partial charge in [-0.05, 0) is 30.7 Å². The molecule has 4 aliphatic heterocycles. The van der Waals surface area contributed by atoms with Crippen LogP contribution in [-0.2, 0) is 19.9 Å². The summed E-state index contributed by atoms with van der Waals surface area (Å²) in [5, 5.41) is 2.63. The molecule has 2 aromatic rings. The average molecular weight is 543 g/mol. The lowest BCUT2D eigenvalue weighted by Crippen LogP contribution is -2.54. The number of amides is 3. The number of methoxy groups -OCH3 is 1. The van der Waals surface area contributed by atoms with Crippen LogP contribution in [0.4, 0.5) is 11.4 Å². The summed E-state index contributed by atoms with van der Waals surface area (Å²) in [6, 6.07) is 6.15. The number of carbonyl (C=O) groups is 3. The first-order chi connectivity index (χ1) is 16.9. The number of carbonyl (C=O) groups excluding carboxylic acids is 3. The highest BCUT2D eigenvalue weighted by molar-refractivity contribution is 6.38. The number of hydrogen-bond acceptors (Lipinski definition) is 5. The summed E-state index contributed by atoms with van der Waals surface area (Å²) in [4.78, 5) is 44.5. The zero-order chi connectivity index (χ0) is 25.9. The molecular formula is C23H17Cl4N3O4. The maximum atomic E-state index is 14.2. The highest BCUT2D eigenvalue weighted by Gasteiger charge is 2.75. The van der Waals surface area contributed by atoms with Gasteiger partial charge in [-0.1, -0.05) is 34.8 Å². The van der Waals surface area contributed by atoms with Gasteiger partial charge in [-0.25, -0.2) is 4.90 Å². The van der Waals surface area contributed by atoms with Crippen molar-refractivity contribution in [2.75, 3.05) is 23.9 Å². The number of halogens is 4.